The Kier molecular flexibility index (Phi) is 8.05. The Balaban J connectivity index is 1.33. The second-order valence-electron chi connectivity index (χ2n) is 12.8. The van der Waals surface area contributed by atoms with Crippen molar-refractivity contribution in [3.8, 4) is 6.07 Å². The highest BCUT2D eigenvalue weighted by Gasteiger charge is 2.42. The molecule has 2 unspecified atom stereocenters. The van der Waals surface area contributed by atoms with Crippen LogP contribution in [-0.2, 0) is 4.79 Å². The first kappa shape index (κ1) is 29.9. The lowest BCUT2D eigenvalue weighted by Crippen LogP contribution is -2.38. The predicted molar refractivity (Wildman–Crippen MR) is 181 cm³/mol. The summed E-state index contributed by atoms with van der Waals surface area (Å²) in [5.74, 6) is -0.832. The molecule has 1 fully saturated rings. The molecule has 6 rings (SSSR count). The number of carbonyl (C=O) groups is 1. The largest absolute Gasteiger partial charge is 0.477 e. The maximum atomic E-state index is 11.4. The molecular weight excluding hydrogens is 558 g/mol. The number of hydroxylamine groups is 1. The molecule has 2 N–H and O–H groups in total. The second-order valence-corrected chi connectivity index (χ2v) is 12.8. The fraction of sp³-hybridized carbons (Fsp3) is 0.231. The van der Waals surface area contributed by atoms with Gasteiger partial charge >= 0.3 is 5.97 Å². The van der Waals surface area contributed by atoms with Crippen LogP contribution < -0.4 is 9.96 Å². The number of fused-ring (bicyclic) bond motifs is 3. The number of carboxylic acid groups (broad SMARTS) is 1. The minimum absolute atomic E-state index is 0.262. The van der Waals surface area contributed by atoms with Crippen LogP contribution in [0.5, 0.6) is 0 Å². The fourth-order valence-corrected chi connectivity index (χ4v) is 6.63. The van der Waals surface area contributed by atoms with Gasteiger partial charge in [-0.25, -0.2) is 4.79 Å². The minimum atomic E-state index is -1.21. The van der Waals surface area contributed by atoms with E-state index in [1.807, 2.05) is 57.2 Å². The quantitative estimate of drug-likeness (QED) is 0.0959. The van der Waals surface area contributed by atoms with E-state index < -0.39 is 11.5 Å². The number of nitriles is 1. The van der Waals surface area contributed by atoms with Crippen molar-refractivity contribution in [2.45, 2.75) is 57.5 Å². The highest BCUT2D eigenvalue weighted by Crippen LogP contribution is 2.52. The topological polar surface area (TPSA) is 87.8 Å². The summed E-state index contributed by atoms with van der Waals surface area (Å²) < 4.78 is 0. The van der Waals surface area contributed by atoms with Gasteiger partial charge in [0, 0.05) is 23.3 Å². The monoisotopic (exact) mass is 595 g/mol. The van der Waals surface area contributed by atoms with Crippen LogP contribution in [0.25, 0.3) is 17.7 Å². The van der Waals surface area contributed by atoms with Crippen molar-refractivity contribution >= 4 is 40.8 Å². The molecule has 45 heavy (non-hydrogen) atoms. The zero-order chi connectivity index (χ0) is 31.7. The van der Waals surface area contributed by atoms with Gasteiger partial charge < -0.3 is 10.0 Å². The molecule has 226 valence electrons. The first-order valence-electron chi connectivity index (χ1n) is 15.4. The van der Waals surface area contributed by atoms with E-state index in [9.17, 15) is 20.4 Å². The summed E-state index contributed by atoms with van der Waals surface area (Å²) >= 11 is 0. The third-order valence-electron chi connectivity index (χ3n) is 8.81. The van der Waals surface area contributed by atoms with Gasteiger partial charge in [-0.3, -0.25) is 10.3 Å². The molecule has 0 radical (unpaired) electrons. The molecule has 4 aromatic carbocycles. The Labute approximate surface area is 264 Å². The molecule has 1 saturated carbocycles. The van der Waals surface area contributed by atoms with Gasteiger partial charge in [-0.15, -0.1) is 0 Å². The average Bonchev–Trinajstić information content (AvgIpc) is 3.63. The fourth-order valence-electron chi connectivity index (χ4n) is 6.63. The number of benzene rings is 4. The lowest BCUT2D eigenvalue weighted by Gasteiger charge is -2.31. The molecule has 0 bridgehead atoms. The van der Waals surface area contributed by atoms with Crippen molar-refractivity contribution in [1.82, 2.24) is 0 Å². The van der Waals surface area contributed by atoms with E-state index in [1.54, 1.807) is 6.07 Å². The highest BCUT2D eigenvalue weighted by atomic mass is 16.5. The van der Waals surface area contributed by atoms with E-state index in [0.717, 1.165) is 64.2 Å². The van der Waals surface area contributed by atoms with Crippen LogP contribution in [0, 0.1) is 11.3 Å². The normalized spacial score (nSPS) is 17.9. The van der Waals surface area contributed by atoms with Crippen LogP contribution in [0.1, 0.15) is 73.8 Å². The van der Waals surface area contributed by atoms with Gasteiger partial charge in [0.05, 0.1) is 11.2 Å². The first-order chi connectivity index (χ1) is 21.6. The zero-order valence-electron chi connectivity index (χ0n) is 25.8. The first-order valence-corrected chi connectivity index (χ1v) is 15.4. The van der Waals surface area contributed by atoms with Crippen molar-refractivity contribution < 1.29 is 15.1 Å². The van der Waals surface area contributed by atoms with Crippen LogP contribution in [0.3, 0.4) is 0 Å². The molecule has 2 aliphatic rings. The van der Waals surface area contributed by atoms with Gasteiger partial charge in [-0.2, -0.15) is 5.26 Å². The standard InChI is InChI=1S/C39H37N3O3/c1-39(2,3)42(45)32-19-15-29(16-20-32)34(28-8-5-4-6-9-28)23-26-12-17-31(18-13-26)41-36-11-7-10-33(36)35-24-27(14-21-37(35)41)22-30(25-40)38(43)44/h4-6,8-9,12-24,33,36,45H,7,10-11H2,1-3H3,(H,43,44)/b30-22+,34-23+. The Hall–Kier alpha value is -5.12. The van der Waals surface area contributed by atoms with Gasteiger partial charge in [0.15, 0.2) is 0 Å². The molecule has 0 amide bonds. The molecule has 1 heterocycles. The summed E-state index contributed by atoms with van der Waals surface area (Å²) in [6.07, 6.45) is 7.00. The third kappa shape index (κ3) is 6.00. The van der Waals surface area contributed by atoms with Gasteiger partial charge in [0.25, 0.3) is 0 Å². The molecule has 6 nitrogen and oxygen atoms in total. The smallest absolute Gasteiger partial charge is 0.346 e. The van der Waals surface area contributed by atoms with Crippen LogP contribution in [0.4, 0.5) is 17.1 Å². The van der Waals surface area contributed by atoms with Crippen molar-refractivity contribution in [2.24, 2.45) is 0 Å². The summed E-state index contributed by atoms with van der Waals surface area (Å²) in [4.78, 5) is 13.8. The Bertz CT molecular complexity index is 1810. The number of carboxylic acids is 1. The number of nitrogens with zero attached hydrogens (tertiary/aromatic N) is 3. The number of hydrogen-bond donors (Lipinski definition) is 2. The van der Waals surface area contributed by atoms with Crippen LogP contribution in [-0.4, -0.2) is 27.9 Å². The van der Waals surface area contributed by atoms with Gasteiger partial charge in [0.2, 0.25) is 0 Å². The van der Waals surface area contributed by atoms with Crippen molar-refractivity contribution in [2.75, 3.05) is 9.96 Å². The Morgan fingerprint density at radius 2 is 1.56 bits per heavy atom. The summed E-state index contributed by atoms with van der Waals surface area (Å²) in [5.41, 5.74) is 8.67. The number of hydrogen-bond acceptors (Lipinski definition) is 5. The summed E-state index contributed by atoms with van der Waals surface area (Å²) in [6, 6.07) is 35.2. The molecule has 0 aromatic heterocycles. The molecule has 4 aromatic rings. The highest BCUT2D eigenvalue weighted by molar-refractivity contribution is 5.96. The molecular formula is C39H37N3O3. The second kappa shape index (κ2) is 12.1. The Morgan fingerprint density at radius 1 is 0.889 bits per heavy atom. The zero-order valence-corrected chi connectivity index (χ0v) is 25.8. The average molecular weight is 596 g/mol. The predicted octanol–water partition coefficient (Wildman–Crippen LogP) is 9.05. The molecule has 6 heteroatoms. The number of aliphatic carboxylic acids is 1. The van der Waals surface area contributed by atoms with Gasteiger partial charge in [0.1, 0.15) is 11.6 Å². The molecule has 1 aliphatic carbocycles. The summed E-state index contributed by atoms with van der Waals surface area (Å²) in [7, 11) is 0. The lowest BCUT2D eigenvalue weighted by molar-refractivity contribution is -0.132. The number of rotatable bonds is 7. The van der Waals surface area contributed by atoms with Crippen molar-refractivity contribution in [3.63, 3.8) is 0 Å². The lowest BCUT2D eigenvalue weighted by atomic mass is 9.95. The SMILES string of the molecule is CC(C)(C)N(O)c1ccc(/C(=C/c2ccc(N3c4ccc(/C=C(\C#N)C(=O)O)cc4C4CCCC43)cc2)c2ccccc2)cc1. The van der Waals surface area contributed by atoms with E-state index in [1.165, 1.54) is 16.7 Å². The van der Waals surface area contributed by atoms with Crippen molar-refractivity contribution in [1.29, 1.82) is 5.26 Å². The molecule has 0 spiro atoms. The van der Waals surface area contributed by atoms with Crippen molar-refractivity contribution in [3.05, 3.63) is 130 Å². The molecule has 2 atom stereocenters. The van der Waals surface area contributed by atoms with E-state index in [0.29, 0.717) is 12.0 Å². The van der Waals surface area contributed by atoms with E-state index in [-0.39, 0.29) is 5.57 Å². The summed E-state index contributed by atoms with van der Waals surface area (Å²) in [5, 5.41) is 30.5. The number of anilines is 3. The van der Waals surface area contributed by atoms with Crippen LogP contribution >= 0.6 is 0 Å². The van der Waals surface area contributed by atoms with E-state index >= 15 is 0 Å². The maximum absolute atomic E-state index is 11.4. The Morgan fingerprint density at radius 3 is 2.20 bits per heavy atom. The maximum Gasteiger partial charge on any atom is 0.346 e. The van der Waals surface area contributed by atoms with Crippen LogP contribution in [0.2, 0.25) is 0 Å². The van der Waals surface area contributed by atoms with E-state index in [2.05, 4.69) is 71.6 Å². The van der Waals surface area contributed by atoms with Crippen LogP contribution in [0.15, 0.2) is 103 Å². The van der Waals surface area contributed by atoms with Gasteiger partial charge in [-0.1, -0.05) is 67.1 Å². The summed E-state index contributed by atoms with van der Waals surface area (Å²) in [6.45, 7) is 5.90. The van der Waals surface area contributed by atoms with Gasteiger partial charge in [-0.05, 0) is 116 Å². The molecule has 1 aliphatic heterocycles. The third-order valence-corrected chi connectivity index (χ3v) is 8.81. The minimum Gasteiger partial charge on any atom is -0.477 e. The van der Waals surface area contributed by atoms with E-state index in [4.69, 9.17) is 0 Å². The molecule has 0 saturated heterocycles.